The van der Waals surface area contributed by atoms with Gasteiger partial charge in [-0.25, -0.2) is 4.79 Å². The first-order chi connectivity index (χ1) is 10.5. The maximum Gasteiger partial charge on any atom is 0.334 e. The van der Waals surface area contributed by atoms with Crippen molar-refractivity contribution >= 4 is 11.9 Å². The highest BCUT2D eigenvalue weighted by Gasteiger charge is 2.55. The molecule has 0 spiro atoms. The Morgan fingerprint density at radius 1 is 1.27 bits per heavy atom. The number of para-hydroxylation sites is 1. The van der Waals surface area contributed by atoms with E-state index in [1.165, 1.54) is 0 Å². The molecule has 0 bridgehead atoms. The van der Waals surface area contributed by atoms with Crippen LogP contribution in [0.1, 0.15) is 19.8 Å². The topological polar surface area (TPSA) is 76.1 Å². The monoisotopic (exact) mass is 305 g/mol. The molecule has 1 aromatic carbocycles. The Bertz CT molecular complexity index is 569. The summed E-state index contributed by atoms with van der Waals surface area (Å²) in [6.45, 7) is 2.23. The lowest BCUT2D eigenvalue weighted by molar-refractivity contribution is -0.169. The maximum absolute atomic E-state index is 12.8. The van der Waals surface area contributed by atoms with Gasteiger partial charge in [0.05, 0.1) is 12.6 Å². The van der Waals surface area contributed by atoms with Crippen LogP contribution in [-0.4, -0.2) is 52.8 Å². The summed E-state index contributed by atoms with van der Waals surface area (Å²) in [5.74, 6) is -0.527. The highest BCUT2D eigenvalue weighted by Crippen LogP contribution is 2.42. The van der Waals surface area contributed by atoms with Crippen molar-refractivity contribution in [2.45, 2.75) is 37.6 Å². The Labute approximate surface area is 128 Å². The van der Waals surface area contributed by atoms with Gasteiger partial charge in [-0.05, 0) is 19.1 Å². The first-order valence-corrected chi connectivity index (χ1v) is 7.42. The van der Waals surface area contributed by atoms with Crippen LogP contribution in [0.15, 0.2) is 30.3 Å². The SMILES string of the molecule is C[C@@H]1CN(C(=O)C2(Oc3ccccc3)CC2)CC(C(=O)O)O1. The fraction of sp³-hybridized carbons (Fsp3) is 0.500. The van der Waals surface area contributed by atoms with E-state index in [1.54, 1.807) is 11.8 Å². The standard InChI is InChI=1S/C16H19NO5/c1-11-9-17(10-13(21-11)14(18)19)15(20)16(7-8-16)22-12-5-3-2-4-6-12/h2-6,11,13H,7-10H2,1H3,(H,18,19)/t11-,13?/m1/s1. The van der Waals surface area contributed by atoms with Crippen LogP contribution in [0.25, 0.3) is 0 Å². The number of hydrogen-bond acceptors (Lipinski definition) is 4. The fourth-order valence-electron chi connectivity index (χ4n) is 2.73. The average molecular weight is 305 g/mol. The van der Waals surface area contributed by atoms with Crippen molar-refractivity contribution in [1.29, 1.82) is 0 Å². The van der Waals surface area contributed by atoms with Crippen molar-refractivity contribution in [3.8, 4) is 5.75 Å². The molecule has 1 N–H and O–H groups in total. The fourth-order valence-corrected chi connectivity index (χ4v) is 2.73. The number of carbonyl (C=O) groups is 2. The van der Waals surface area contributed by atoms with Crippen LogP contribution in [0.3, 0.4) is 0 Å². The number of amides is 1. The minimum absolute atomic E-state index is 0.0679. The molecule has 0 radical (unpaired) electrons. The summed E-state index contributed by atoms with van der Waals surface area (Å²) >= 11 is 0. The number of benzene rings is 1. The van der Waals surface area contributed by atoms with E-state index in [4.69, 9.17) is 14.6 Å². The quantitative estimate of drug-likeness (QED) is 0.907. The Morgan fingerprint density at radius 2 is 1.95 bits per heavy atom. The van der Waals surface area contributed by atoms with Crippen molar-refractivity contribution in [2.75, 3.05) is 13.1 Å². The van der Waals surface area contributed by atoms with E-state index >= 15 is 0 Å². The molecule has 6 nitrogen and oxygen atoms in total. The Balaban J connectivity index is 1.71. The normalized spacial score (nSPS) is 26.3. The first kappa shape index (κ1) is 14.8. The Hall–Kier alpha value is -2.08. The molecule has 6 heteroatoms. The predicted molar refractivity (Wildman–Crippen MR) is 77.6 cm³/mol. The van der Waals surface area contributed by atoms with Gasteiger partial charge in [0.25, 0.3) is 5.91 Å². The maximum atomic E-state index is 12.8. The molecule has 1 aliphatic carbocycles. The summed E-state index contributed by atoms with van der Waals surface area (Å²) in [4.78, 5) is 25.4. The molecule has 1 heterocycles. The summed E-state index contributed by atoms with van der Waals surface area (Å²) in [7, 11) is 0. The molecule has 118 valence electrons. The van der Waals surface area contributed by atoms with Crippen molar-refractivity contribution in [3.05, 3.63) is 30.3 Å². The third-order valence-electron chi connectivity index (χ3n) is 3.97. The molecule has 1 aromatic rings. The zero-order chi connectivity index (χ0) is 15.7. The van der Waals surface area contributed by atoms with Crippen molar-refractivity contribution in [1.82, 2.24) is 4.90 Å². The molecular formula is C16H19NO5. The van der Waals surface area contributed by atoms with Crippen LogP contribution < -0.4 is 4.74 Å². The predicted octanol–water partition coefficient (Wildman–Crippen LogP) is 1.30. The first-order valence-electron chi connectivity index (χ1n) is 7.42. The van der Waals surface area contributed by atoms with Gasteiger partial charge in [0.2, 0.25) is 0 Å². The van der Waals surface area contributed by atoms with Gasteiger partial charge in [-0.2, -0.15) is 0 Å². The molecule has 0 aromatic heterocycles. The second kappa shape index (κ2) is 5.61. The number of carboxylic acids is 1. The summed E-state index contributed by atoms with van der Waals surface area (Å²) < 4.78 is 11.2. The van der Waals surface area contributed by atoms with Crippen LogP contribution in [0.2, 0.25) is 0 Å². The number of hydrogen-bond donors (Lipinski definition) is 1. The zero-order valence-corrected chi connectivity index (χ0v) is 12.4. The molecule has 1 saturated heterocycles. The number of carboxylic acid groups (broad SMARTS) is 1. The minimum atomic E-state index is -1.04. The van der Waals surface area contributed by atoms with E-state index in [2.05, 4.69) is 0 Å². The molecule has 22 heavy (non-hydrogen) atoms. The van der Waals surface area contributed by atoms with E-state index in [0.29, 0.717) is 25.1 Å². The summed E-state index contributed by atoms with van der Waals surface area (Å²) in [6, 6.07) is 9.22. The summed E-state index contributed by atoms with van der Waals surface area (Å²) in [5, 5.41) is 9.11. The van der Waals surface area contributed by atoms with Crippen molar-refractivity contribution in [3.63, 3.8) is 0 Å². The van der Waals surface area contributed by atoms with E-state index in [-0.39, 0.29) is 18.6 Å². The molecular weight excluding hydrogens is 286 g/mol. The third-order valence-corrected chi connectivity index (χ3v) is 3.97. The molecule has 2 aliphatic rings. The number of aliphatic carboxylic acids is 1. The third kappa shape index (κ3) is 2.92. The second-order valence-electron chi connectivity index (χ2n) is 5.89. The Kier molecular flexibility index (Phi) is 3.78. The van der Waals surface area contributed by atoms with Gasteiger partial charge < -0.3 is 19.5 Å². The lowest BCUT2D eigenvalue weighted by atomic mass is 10.1. The number of carbonyl (C=O) groups excluding carboxylic acids is 1. The Morgan fingerprint density at radius 3 is 2.55 bits per heavy atom. The van der Waals surface area contributed by atoms with Gasteiger partial charge in [0, 0.05) is 19.4 Å². The van der Waals surface area contributed by atoms with Gasteiger partial charge in [-0.15, -0.1) is 0 Å². The minimum Gasteiger partial charge on any atom is -0.479 e. The molecule has 2 fully saturated rings. The van der Waals surface area contributed by atoms with Crippen LogP contribution in [0.5, 0.6) is 5.75 Å². The molecule has 1 saturated carbocycles. The van der Waals surface area contributed by atoms with E-state index in [1.807, 2.05) is 30.3 Å². The van der Waals surface area contributed by atoms with Gasteiger partial charge >= 0.3 is 5.97 Å². The van der Waals surface area contributed by atoms with Crippen molar-refractivity contribution < 1.29 is 24.2 Å². The molecule has 1 aliphatic heterocycles. The smallest absolute Gasteiger partial charge is 0.334 e. The second-order valence-corrected chi connectivity index (χ2v) is 5.89. The van der Waals surface area contributed by atoms with Gasteiger partial charge in [-0.1, -0.05) is 18.2 Å². The zero-order valence-electron chi connectivity index (χ0n) is 12.4. The van der Waals surface area contributed by atoms with Crippen molar-refractivity contribution in [2.24, 2.45) is 0 Å². The largest absolute Gasteiger partial charge is 0.479 e. The van der Waals surface area contributed by atoms with E-state index in [0.717, 1.165) is 0 Å². The number of ether oxygens (including phenoxy) is 2. The highest BCUT2D eigenvalue weighted by atomic mass is 16.5. The number of morpholine rings is 1. The van der Waals surface area contributed by atoms with Crippen LogP contribution in [0.4, 0.5) is 0 Å². The summed E-state index contributed by atoms with van der Waals surface area (Å²) in [6.07, 6.45) is 0.0422. The lowest BCUT2D eigenvalue weighted by Crippen LogP contribution is -2.55. The summed E-state index contributed by atoms with van der Waals surface area (Å²) in [5.41, 5.74) is -0.832. The van der Waals surface area contributed by atoms with E-state index in [9.17, 15) is 9.59 Å². The van der Waals surface area contributed by atoms with Crippen LogP contribution >= 0.6 is 0 Å². The highest BCUT2D eigenvalue weighted by molar-refractivity contribution is 5.89. The number of rotatable bonds is 4. The van der Waals surface area contributed by atoms with Gasteiger partial charge in [0.1, 0.15) is 5.75 Å². The van der Waals surface area contributed by atoms with Crippen LogP contribution in [-0.2, 0) is 14.3 Å². The molecule has 3 rings (SSSR count). The molecule has 1 unspecified atom stereocenters. The molecule has 1 amide bonds. The van der Waals surface area contributed by atoms with Gasteiger partial charge in [0.15, 0.2) is 11.7 Å². The lowest BCUT2D eigenvalue weighted by Gasteiger charge is -2.36. The average Bonchev–Trinajstić information content (AvgIpc) is 3.27. The van der Waals surface area contributed by atoms with Gasteiger partial charge in [-0.3, -0.25) is 4.79 Å². The number of nitrogens with zero attached hydrogens (tertiary/aromatic N) is 1. The van der Waals surface area contributed by atoms with E-state index < -0.39 is 17.7 Å². The molecule has 2 atom stereocenters. The van der Waals surface area contributed by atoms with Crippen LogP contribution in [0, 0.1) is 0 Å².